The SMILES string of the molecule is Cc1cccc(CSc2ccc(CNC(C)C)cc2Cl)c1. The zero-order valence-electron chi connectivity index (χ0n) is 12.8. The average molecular weight is 320 g/mol. The lowest BCUT2D eigenvalue weighted by Crippen LogP contribution is -2.21. The van der Waals surface area contributed by atoms with Gasteiger partial charge in [0.25, 0.3) is 0 Å². The van der Waals surface area contributed by atoms with Crippen molar-refractivity contribution in [1.82, 2.24) is 5.32 Å². The van der Waals surface area contributed by atoms with E-state index in [0.717, 1.165) is 22.2 Å². The summed E-state index contributed by atoms with van der Waals surface area (Å²) in [5, 5.41) is 4.25. The minimum atomic E-state index is 0.485. The summed E-state index contributed by atoms with van der Waals surface area (Å²) < 4.78 is 0. The number of hydrogen-bond donors (Lipinski definition) is 1. The highest BCUT2D eigenvalue weighted by Gasteiger charge is 2.04. The van der Waals surface area contributed by atoms with Crippen LogP contribution in [0.4, 0.5) is 0 Å². The fourth-order valence-corrected chi connectivity index (χ4v) is 3.29. The van der Waals surface area contributed by atoms with Crippen LogP contribution in [0.5, 0.6) is 0 Å². The molecule has 0 fully saturated rings. The van der Waals surface area contributed by atoms with E-state index in [4.69, 9.17) is 11.6 Å². The molecule has 1 nitrogen and oxygen atoms in total. The molecule has 112 valence electrons. The smallest absolute Gasteiger partial charge is 0.0545 e. The summed E-state index contributed by atoms with van der Waals surface area (Å²) in [7, 11) is 0. The summed E-state index contributed by atoms with van der Waals surface area (Å²) in [5.74, 6) is 0.949. The van der Waals surface area contributed by atoms with Gasteiger partial charge in [0.2, 0.25) is 0 Å². The Morgan fingerprint density at radius 3 is 2.57 bits per heavy atom. The van der Waals surface area contributed by atoms with Crippen LogP contribution in [0.25, 0.3) is 0 Å². The molecule has 0 aromatic heterocycles. The Labute approximate surface area is 137 Å². The Hall–Kier alpha value is -0.960. The normalized spacial score (nSPS) is 11.1. The molecule has 3 heteroatoms. The molecule has 21 heavy (non-hydrogen) atoms. The maximum absolute atomic E-state index is 6.39. The molecule has 0 amide bonds. The fraction of sp³-hybridized carbons (Fsp3) is 0.333. The highest BCUT2D eigenvalue weighted by Crippen LogP contribution is 2.30. The minimum Gasteiger partial charge on any atom is -0.310 e. The second kappa shape index (κ2) is 7.88. The van der Waals surface area contributed by atoms with Gasteiger partial charge in [-0.2, -0.15) is 0 Å². The van der Waals surface area contributed by atoms with E-state index < -0.39 is 0 Å². The van der Waals surface area contributed by atoms with E-state index in [0.29, 0.717) is 6.04 Å². The summed E-state index contributed by atoms with van der Waals surface area (Å²) in [4.78, 5) is 1.14. The molecule has 0 bridgehead atoms. The molecule has 2 rings (SSSR count). The second-order valence-corrected chi connectivity index (χ2v) is 7.00. The third-order valence-electron chi connectivity index (χ3n) is 3.19. The van der Waals surface area contributed by atoms with Crippen molar-refractivity contribution in [1.29, 1.82) is 0 Å². The van der Waals surface area contributed by atoms with E-state index in [-0.39, 0.29) is 0 Å². The largest absolute Gasteiger partial charge is 0.310 e. The first kappa shape index (κ1) is 16.4. The van der Waals surface area contributed by atoms with Crippen LogP contribution in [0, 0.1) is 6.92 Å². The summed E-state index contributed by atoms with van der Waals surface area (Å²) in [6, 6.07) is 15.4. The van der Waals surface area contributed by atoms with Crippen molar-refractivity contribution in [2.24, 2.45) is 0 Å². The summed E-state index contributed by atoms with van der Waals surface area (Å²) in [6.45, 7) is 7.28. The number of benzene rings is 2. The summed E-state index contributed by atoms with van der Waals surface area (Å²) >= 11 is 8.18. The van der Waals surface area contributed by atoms with Gasteiger partial charge in [-0.05, 0) is 30.2 Å². The van der Waals surface area contributed by atoms with E-state index in [1.54, 1.807) is 11.8 Å². The lowest BCUT2D eigenvalue weighted by Gasteiger charge is -2.10. The topological polar surface area (TPSA) is 12.0 Å². The molecule has 0 aliphatic heterocycles. The van der Waals surface area contributed by atoms with Crippen LogP contribution >= 0.6 is 23.4 Å². The second-order valence-electron chi connectivity index (χ2n) is 5.58. The molecule has 0 saturated heterocycles. The Morgan fingerprint density at radius 2 is 1.90 bits per heavy atom. The number of thioether (sulfide) groups is 1. The molecule has 0 unspecified atom stereocenters. The number of aryl methyl sites for hydroxylation is 1. The van der Waals surface area contributed by atoms with Gasteiger partial charge in [0.1, 0.15) is 0 Å². The van der Waals surface area contributed by atoms with Gasteiger partial charge in [0.15, 0.2) is 0 Å². The van der Waals surface area contributed by atoms with E-state index in [2.05, 4.69) is 68.6 Å². The van der Waals surface area contributed by atoms with Crippen LogP contribution in [0.1, 0.15) is 30.5 Å². The van der Waals surface area contributed by atoms with Crippen molar-refractivity contribution in [3.05, 3.63) is 64.2 Å². The molecule has 0 saturated carbocycles. The molecular weight excluding hydrogens is 298 g/mol. The fourth-order valence-electron chi connectivity index (χ4n) is 2.06. The molecule has 0 aliphatic carbocycles. The average Bonchev–Trinajstić information content (AvgIpc) is 2.44. The van der Waals surface area contributed by atoms with Crippen molar-refractivity contribution >= 4 is 23.4 Å². The van der Waals surface area contributed by atoms with Crippen LogP contribution in [0.2, 0.25) is 5.02 Å². The van der Waals surface area contributed by atoms with Crippen molar-refractivity contribution in [2.45, 2.75) is 44.0 Å². The third kappa shape index (κ3) is 5.39. The molecule has 2 aromatic rings. The van der Waals surface area contributed by atoms with Crippen LogP contribution in [0.3, 0.4) is 0 Å². The van der Waals surface area contributed by atoms with Crippen molar-refractivity contribution in [3.8, 4) is 0 Å². The van der Waals surface area contributed by atoms with E-state index in [1.807, 2.05) is 0 Å². The predicted molar refractivity (Wildman–Crippen MR) is 94.2 cm³/mol. The van der Waals surface area contributed by atoms with E-state index in [1.165, 1.54) is 16.7 Å². The molecule has 0 spiro atoms. The van der Waals surface area contributed by atoms with Crippen LogP contribution in [-0.2, 0) is 12.3 Å². The van der Waals surface area contributed by atoms with E-state index >= 15 is 0 Å². The summed E-state index contributed by atoms with van der Waals surface area (Å²) in [5.41, 5.74) is 3.87. The van der Waals surface area contributed by atoms with Gasteiger partial charge in [-0.15, -0.1) is 11.8 Å². The minimum absolute atomic E-state index is 0.485. The van der Waals surface area contributed by atoms with Crippen molar-refractivity contribution < 1.29 is 0 Å². The van der Waals surface area contributed by atoms with Gasteiger partial charge < -0.3 is 5.32 Å². The van der Waals surface area contributed by atoms with Crippen LogP contribution in [-0.4, -0.2) is 6.04 Å². The monoisotopic (exact) mass is 319 g/mol. The molecule has 1 N–H and O–H groups in total. The van der Waals surface area contributed by atoms with Gasteiger partial charge in [-0.1, -0.05) is 61.3 Å². The van der Waals surface area contributed by atoms with Crippen LogP contribution in [0.15, 0.2) is 47.4 Å². The molecule has 2 aromatic carbocycles. The zero-order chi connectivity index (χ0) is 15.2. The predicted octanol–water partition coefficient (Wildman–Crippen LogP) is 5.44. The molecule has 0 aliphatic rings. The maximum atomic E-state index is 6.39. The quantitative estimate of drug-likeness (QED) is 0.712. The first-order valence-electron chi connectivity index (χ1n) is 7.25. The van der Waals surface area contributed by atoms with Gasteiger partial charge in [0, 0.05) is 23.2 Å². The highest BCUT2D eigenvalue weighted by molar-refractivity contribution is 7.98. The number of halogens is 1. The first-order valence-corrected chi connectivity index (χ1v) is 8.61. The molecule has 0 heterocycles. The third-order valence-corrected chi connectivity index (χ3v) is 4.76. The van der Waals surface area contributed by atoms with E-state index in [9.17, 15) is 0 Å². The highest BCUT2D eigenvalue weighted by atomic mass is 35.5. The van der Waals surface area contributed by atoms with Gasteiger partial charge in [-0.25, -0.2) is 0 Å². The first-order chi connectivity index (χ1) is 10.0. The number of rotatable bonds is 6. The lowest BCUT2D eigenvalue weighted by molar-refractivity contribution is 0.589. The Morgan fingerprint density at radius 1 is 1.10 bits per heavy atom. The van der Waals surface area contributed by atoms with Crippen LogP contribution < -0.4 is 5.32 Å². The molecular formula is C18H22ClNS. The maximum Gasteiger partial charge on any atom is 0.0545 e. The lowest BCUT2D eigenvalue weighted by atomic mass is 10.2. The summed E-state index contributed by atoms with van der Waals surface area (Å²) in [6.07, 6.45) is 0. The Balaban J connectivity index is 1.97. The molecule has 0 atom stereocenters. The van der Waals surface area contributed by atoms with Gasteiger partial charge >= 0.3 is 0 Å². The standard InChI is InChI=1S/C18H22ClNS/c1-13(2)20-11-15-7-8-18(17(19)10-15)21-12-16-6-4-5-14(3)9-16/h4-10,13,20H,11-12H2,1-3H3. The Bertz CT molecular complexity index is 596. The van der Waals surface area contributed by atoms with Gasteiger partial charge in [0.05, 0.1) is 5.02 Å². The van der Waals surface area contributed by atoms with Crippen molar-refractivity contribution in [2.75, 3.05) is 0 Å². The zero-order valence-corrected chi connectivity index (χ0v) is 14.4. The van der Waals surface area contributed by atoms with Gasteiger partial charge in [-0.3, -0.25) is 0 Å². The number of hydrogen-bond acceptors (Lipinski definition) is 2. The Kier molecular flexibility index (Phi) is 6.16. The molecule has 0 radical (unpaired) electrons. The number of nitrogens with one attached hydrogen (secondary N) is 1. The van der Waals surface area contributed by atoms with Crippen molar-refractivity contribution in [3.63, 3.8) is 0 Å².